The minimum Gasteiger partial charge on any atom is -0.480 e. The smallest absolute Gasteiger partial charge is 0.329 e. The maximum atomic E-state index is 11.7. The van der Waals surface area contributed by atoms with E-state index in [2.05, 4.69) is 4.98 Å². The van der Waals surface area contributed by atoms with Crippen molar-refractivity contribution in [1.82, 2.24) is 9.55 Å². The molecular weight excluding hydrogens is 272 g/mol. The molecule has 0 saturated heterocycles. The molecule has 3 rings (SSSR count). The first-order chi connectivity index (χ1) is 9.82. The van der Waals surface area contributed by atoms with E-state index in [9.17, 15) is 9.90 Å². The Morgan fingerprint density at radius 1 is 1.33 bits per heavy atom. The predicted molar refractivity (Wildman–Crippen MR) is 76.9 cm³/mol. The Kier molecular flexibility index (Phi) is 2.86. The lowest BCUT2D eigenvalue weighted by atomic mass is 10.0. The fourth-order valence-corrected chi connectivity index (χ4v) is 2.56. The summed E-state index contributed by atoms with van der Waals surface area (Å²) in [5, 5.41) is 9.57. The first-order valence-electron chi connectivity index (χ1n) is 6.88. The van der Waals surface area contributed by atoms with Crippen LogP contribution in [0.2, 0.25) is 0 Å². The van der Waals surface area contributed by atoms with Crippen molar-refractivity contribution in [3.8, 4) is 11.5 Å². The lowest BCUT2D eigenvalue weighted by Gasteiger charge is -2.25. The van der Waals surface area contributed by atoms with E-state index in [1.165, 1.54) is 0 Å². The standard InChI is InChI=1S/C15H18N2O4/c1-8(2)13-16-9-5-11-12(21-7-20-11)6-10(9)17(13)15(3,4)14(18)19/h5-6,8H,7H2,1-4H3,(H,18,19). The zero-order valence-electron chi connectivity index (χ0n) is 12.5. The summed E-state index contributed by atoms with van der Waals surface area (Å²) in [4.78, 5) is 16.3. The molecule has 0 atom stereocenters. The molecule has 0 aliphatic carbocycles. The van der Waals surface area contributed by atoms with Gasteiger partial charge in [-0.2, -0.15) is 0 Å². The Morgan fingerprint density at radius 2 is 1.95 bits per heavy atom. The van der Waals surface area contributed by atoms with Crippen molar-refractivity contribution < 1.29 is 19.4 Å². The second-order valence-corrected chi connectivity index (χ2v) is 6.02. The van der Waals surface area contributed by atoms with Crippen molar-refractivity contribution in [1.29, 1.82) is 0 Å². The van der Waals surface area contributed by atoms with Crippen LogP contribution < -0.4 is 9.47 Å². The molecule has 1 aromatic heterocycles. The number of carboxylic acids is 1. The first-order valence-corrected chi connectivity index (χ1v) is 6.88. The van der Waals surface area contributed by atoms with Gasteiger partial charge in [-0.25, -0.2) is 9.78 Å². The number of carbonyl (C=O) groups is 1. The van der Waals surface area contributed by atoms with Crippen LogP contribution in [0.25, 0.3) is 11.0 Å². The van der Waals surface area contributed by atoms with Crippen LogP contribution in [0.4, 0.5) is 0 Å². The third kappa shape index (κ3) is 1.93. The Balaban J connectivity index is 2.34. The fraction of sp³-hybridized carbons (Fsp3) is 0.467. The molecule has 0 bridgehead atoms. The van der Waals surface area contributed by atoms with Gasteiger partial charge in [0.15, 0.2) is 11.5 Å². The van der Waals surface area contributed by atoms with Gasteiger partial charge in [0.2, 0.25) is 6.79 Å². The van der Waals surface area contributed by atoms with Crippen LogP contribution in [0.5, 0.6) is 11.5 Å². The number of imidazole rings is 1. The van der Waals surface area contributed by atoms with Gasteiger partial charge in [0.05, 0.1) is 11.0 Å². The van der Waals surface area contributed by atoms with Gasteiger partial charge in [-0.1, -0.05) is 13.8 Å². The molecule has 0 radical (unpaired) electrons. The van der Waals surface area contributed by atoms with Gasteiger partial charge in [-0.15, -0.1) is 0 Å². The number of rotatable bonds is 3. The van der Waals surface area contributed by atoms with E-state index in [1.807, 2.05) is 13.8 Å². The Labute approximate surface area is 122 Å². The third-order valence-electron chi connectivity index (χ3n) is 3.77. The molecule has 0 saturated carbocycles. The van der Waals surface area contributed by atoms with Gasteiger partial charge in [0, 0.05) is 18.1 Å². The average Bonchev–Trinajstić information content (AvgIpc) is 2.98. The molecule has 112 valence electrons. The maximum Gasteiger partial charge on any atom is 0.329 e. The maximum absolute atomic E-state index is 11.7. The molecule has 1 aromatic carbocycles. The summed E-state index contributed by atoms with van der Waals surface area (Å²) in [6.07, 6.45) is 0. The number of aliphatic carboxylic acids is 1. The van der Waals surface area contributed by atoms with Crippen molar-refractivity contribution in [2.75, 3.05) is 6.79 Å². The Hall–Kier alpha value is -2.24. The van der Waals surface area contributed by atoms with Crippen LogP contribution in [0.15, 0.2) is 12.1 Å². The van der Waals surface area contributed by atoms with E-state index in [-0.39, 0.29) is 12.7 Å². The molecule has 2 heterocycles. The van der Waals surface area contributed by atoms with Gasteiger partial charge in [0.25, 0.3) is 0 Å². The van der Waals surface area contributed by atoms with Gasteiger partial charge >= 0.3 is 5.97 Å². The normalized spacial score (nSPS) is 14.1. The minimum absolute atomic E-state index is 0.104. The number of fused-ring (bicyclic) bond motifs is 2. The number of ether oxygens (including phenoxy) is 2. The molecule has 0 fully saturated rings. The number of benzene rings is 1. The van der Waals surface area contributed by atoms with Crippen molar-refractivity contribution in [3.63, 3.8) is 0 Å². The van der Waals surface area contributed by atoms with Crippen molar-refractivity contribution in [2.45, 2.75) is 39.2 Å². The summed E-state index contributed by atoms with van der Waals surface area (Å²) < 4.78 is 12.5. The van der Waals surface area contributed by atoms with Gasteiger partial charge < -0.3 is 19.1 Å². The largest absolute Gasteiger partial charge is 0.480 e. The minimum atomic E-state index is -1.10. The summed E-state index contributed by atoms with van der Waals surface area (Å²) in [6, 6.07) is 3.61. The number of nitrogens with zero attached hydrogens (tertiary/aromatic N) is 2. The molecule has 1 aliphatic heterocycles. The monoisotopic (exact) mass is 290 g/mol. The van der Waals surface area contributed by atoms with E-state index >= 15 is 0 Å². The van der Waals surface area contributed by atoms with E-state index in [4.69, 9.17) is 9.47 Å². The van der Waals surface area contributed by atoms with Crippen LogP contribution in [-0.4, -0.2) is 27.4 Å². The summed E-state index contributed by atoms with van der Waals surface area (Å²) in [5.41, 5.74) is 0.370. The van der Waals surface area contributed by atoms with Crippen LogP contribution in [0.3, 0.4) is 0 Å². The summed E-state index contributed by atoms with van der Waals surface area (Å²) in [5.74, 6) is 1.21. The number of carboxylic acid groups (broad SMARTS) is 1. The number of aromatic nitrogens is 2. The topological polar surface area (TPSA) is 73.6 Å². The molecule has 1 aliphatic rings. The lowest BCUT2D eigenvalue weighted by molar-refractivity contribution is -0.145. The van der Waals surface area contributed by atoms with E-state index in [0.29, 0.717) is 11.5 Å². The fourth-order valence-electron chi connectivity index (χ4n) is 2.56. The molecule has 0 unspecified atom stereocenters. The van der Waals surface area contributed by atoms with Crippen LogP contribution in [0.1, 0.15) is 39.4 Å². The van der Waals surface area contributed by atoms with E-state index in [1.54, 1.807) is 30.5 Å². The molecule has 2 aromatic rings. The van der Waals surface area contributed by atoms with Crippen molar-refractivity contribution in [3.05, 3.63) is 18.0 Å². The summed E-state index contributed by atoms with van der Waals surface area (Å²) in [6.45, 7) is 7.52. The van der Waals surface area contributed by atoms with Crippen molar-refractivity contribution in [2.24, 2.45) is 0 Å². The summed E-state index contributed by atoms with van der Waals surface area (Å²) in [7, 11) is 0. The highest BCUT2D eigenvalue weighted by Gasteiger charge is 2.34. The lowest BCUT2D eigenvalue weighted by Crippen LogP contribution is -2.37. The molecule has 1 N–H and O–H groups in total. The number of hydrogen-bond donors (Lipinski definition) is 1. The SMILES string of the molecule is CC(C)c1nc2cc3c(cc2n1C(C)(C)C(=O)O)OCO3. The zero-order valence-corrected chi connectivity index (χ0v) is 12.5. The highest BCUT2D eigenvalue weighted by molar-refractivity contribution is 5.85. The molecule has 0 spiro atoms. The van der Waals surface area contributed by atoms with Gasteiger partial charge in [0.1, 0.15) is 11.4 Å². The van der Waals surface area contributed by atoms with E-state index < -0.39 is 11.5 Å². The number of hydrogen-bond acceptors (Lipinski definition) is 4. The first kappa shape index (κ1) is 13.7. The average molecular weight is 290 g/mol. The highest BCUT2D eigenvalue weighted by atomic mass is 16.7. The van der Waals surface area contributed by atoms with Crippen molar-refractivity contribution >= 4 is 17.0 Å². The molecule has 6 nitrogen and oxygen atoms in total. The predicted octanol–water partition coefficient (Wildman–Crippen LogP) is 2.71. The molecule has 0 amide bonds. The quantitative estimate of drug-likeness (QED) is 0.940. The second kappa shape index (κ2) is 4.38. The second-order valence-electron chi connectivity index (χ2n) is 6.02. The molecule has 6 heteroatoms. The summed E-state index contributed by atoms with van der Waals surface area (Å²) >= 11 is 0. The molecular formula is C15H18N2O4. The van der Waals surface area contributed by atoms with Crippen LogP contribution in [0, 0.1) is 0 Å². The van der Waals surface area contributed by atoms with Gasteiger partial charge in [-0.05, 0) is 13.8 Å². The van der Waals surface area contributed by atoms with Crippen LogP contribution in [-0.2, 0) is 10.3 Å². The van der Waals surface area contributed by atoms with Crippen LogP contribution >= 0.6 is 0 Å². The zero-order chi connectivity index (χ0) is 15.4. The van der Waals surface area contributed by atoms with Gasteiger partial charge in [-0.3, -0.25) is 0 Å². The third-order valence-corrected chi connectivity index (χ3v) is 3.77. The Morgan fingerprint density at radius 3 is 2.52 bits per heavy atom. The molecule has 21 heavy (non-hydrogen) atoms. The Bertz CT molecular complexity index is 731. The highest BCUT2D eigenvalue weighted by Crippen LogP contribution is 2.38. The van der Waals surface area contributed by atoms with E-state index in [0.717, 1.165) is 16.9 Å².